The van der Waals surface area contributed by atoms with E-state index in [1.807, 2.05) is 0 Å². The normalized spacial score (nSPS) is 19.1. The van der Waals surface area contributed by atoms with E-state index in [0.717, 1.165) is 0 Å². The highest BCUT2D eigenvalue weighted by Crippen LogP contribution is 2.39. The molecule has 178 valence electrons. The average Bonchev–Trinajstić information content (AvgIpc) is 3.07. The number of carbonyl (C=O) groups excluding carboxylic acids is 1. The van der Waals surface area contributed by atoms with Crippen LogP contribution in [0.15, 0.2) is 24.3 Å². The Hall–Kier alpha value is -2.11. The molecule has 0 aromatic heterocycles. The Labute approximate surface area is 193 Å². The van der Waals surface area contributed by atoms with Gasteiger partial charge < -0.3 is 19.2 Å². The first kappa shape index (κ1) is 26.1. The van der Waals surface area contributed by atoms with Crippen molar-refractivity contribution in [3.05, 3.63) is 39.9 Å². The third kappa shape index (κ3) is 7.21. The van der Waals surface area contributed by atoms with Crippen LogP contribution in [0.3, 0.4) is 0 Å². The minimum Gasteiger partial charge on any atom is -0.481 e. The summed E-state index contributed by atoms with van der Waals surface area (Å²) in [5.74, 6) is -0.443. The molecule has 0 aliphatic carbocycles. The molecule has 1 aliphatic rings. The molecular weight excluding hydrogens is 452 g/mol. The fourth-order valence-corrected chi connectivity index (χ4v) is 5.40. The monoisotopic (exact) mass is 484 g/mol. The zero-order chi connectivity index (χ0) is 24.1. The number of amides is 1. The van der Waals surface area contributed by atoms with Crippen molar-refractivity contribution in [2.45, 2.75) is 64.1 Å². The van der Waals surface area contributed by atoms with Crippen LogP contribution in [0.4, 0.5) is 10.5 Å². The van der Waals surface area contributed by atoms with Gasteiger partial charge in [0.05, 0.1) is 16.8 Å². The lowest BCUT2D eigenvalue weighted by Gasteiger charge is -2.38. The highest BCUT2D eigenvalue weighted by atomic mass is 32.2. The molecule has 32 heavy (non-hydrogen) atoms. The number of nitro groups is 1. The van der Waals surface area contributed by atoms with Crippen LogP contribution in [0, 0.1) is 10.1 Å². The van der Waals surface area contributed by atoms with Gasteiger partial charge in [-0.15, -0.1) is 11.8 Å². The number of nitrogens with zero attached hydrogens (tertiary/aromatic N) is 2. The fourth-order valence-electron chi connectivity index (χ4n) is 3.16. The SMILES string of the molecule is CC(C)(C)[Si](C)(C)O[C@H]1C[C@@H](CSCC(=O)O)N(C(=O)OCc2ccc([N+](=O)[O-])cc2)C1. The summed E-state index contributed by atoms with van der Waals surface area (Å²) in [6.45, 7) is 11.2. The van der Waals surface area contributed by atoms with Crippen LogP contribution >= 0.6 is 11.8 Å². The van der Waals surface area contributed by atoms with Gasteiger partial charge in [0.2, 0.25) is 0 Å². The summed E-state index contributed by atoms with van der Waals surface area (Å²) >= 11 is 1.27. The van der Waals surface area contributed by atoms with E-state index in [1.165, 1.54) is 23.9 Å². The molecule has 0 bridgehead atoms. The molecule has 1 saturated heterocycles. The lowest BCUT2D eigenvalue weighted by atomic mass is 10.2. The van der Waals surface area contributed by atoms with Crippen molar-refractivity contribution >= 4 is 37.8 Å². The quantitative estimate of drug-likeness (QED) is 0.309. The molecule has 2 atom stereocenters. The summed E-state index contributed by atoms with van der Waals surface area (Å²) in [6.07, 6.45) is 0.00928. The number of hydrogen-bond acceptors (Lipinski definition) is 7. The van der Waals surface area contributed by atoms with E-state index in [1.54, 1.807) is 17.0 Å². The van der Waals surface area contributed by atoms with Gasteiger partial charge in [0.15, 0.2) is 8.32 Å². The molecule has 0 saturated carbocycles. The van der Waals surface area contributed by atoms with E-state index < -0.39 is 25.3 Å². The maximum atomic E-state index is 12.8. The second kappa shape index (κ2) is 10.7. The lowest BCUT2D eigenvalue weighted by Crippen LogP contribution is -2.44. The largest absolute Gasteiger partial charge is 0.481 e. The topological polar surface area (TPSA) is 119 Å². The second-order valence-electron chi connectivity index (χ2n) is 9.43. The molecule has 9 nitrogen and oxygen atoms in total. The van der Waals surface area contributed by atoms with Crippen LogP contribution in [0.25, 0.3) is 0 Å². The minimum absolute atomic E-state index is 0.00389. The number of non-ortho nitro benzene ring substituents is 1. The summed E-state index contributed by atoms with van der Waals surface area (Å²) in [5.41, 5.74) is 0.620. The molecule has 1 amide bonds. The number of thioether (sulfide) groups is 1. The number of carboxylic acids is 1. The number of hydrogen-bond donors (Lipinski definition) is 1. The number of rotatable bonds is 9. The van der Waals surface area contributed by atoms with Crippen molar-refractivity contribution in [2.75, 3.05) is 18.1 Å². The highest BCUT2D eigenvalue weighted by Gasteiger charge is 2.44. The van der Waals surface area contributed by atoms with E-state index >= 15 is 0 Å². The molecule has 1 aliphatic heterocycles. The Balaban J connectivity index is 2.03. The smallest absolute Gasteiger partial charge is 0.410 e. The number of benzene rings is 1. The zero-order valence-corrected chi connectivity index (χ0v) is 21.0. The number of carbonyl (C=O) groups is 2. The maximum Gasteiger partial charge on any atom is 0.410 e. The Morgan fingerprint density at radius 3 is 2.44 bits per heavy atom. The third-order valence-corrected chi connectivity index (χ3v) is 11.5. The van der Waals surface area contributed by atoms with Gasteiger partial charge in [-0.3, -0.25) is 14.9 Å². The molecular formula is C21H32N2O7SSi. The van der Waals surface area contributed by atoms with Gasteiger partial charge in [-0.05, 0) is 42.2 Å². The highest BCUT2D eigenvalue weighted by molar-refractivity contribution is 7.99. The van der Waals surface area contributed by atoms with Gasteiger partial charge >= 0.3 is 12.1 Å². The first-order valence-corrected chi connectivity index (χ1v) is 14.5. The van der Waals surface area contributed by atoms with Crippen molar-refractivity contribution in [3.63, 3.8) is 0 Å². The van der Waals surface area contributed by atoms with Crippen LogP contribution in [-0.4, -0.2) is 65.5 Å². The Morgan fingerprint density at radius 2 is 1.91 bits per heavy atom. The standard InChI is InChI=1S/C21H32N2O7SSi/c1-21(2,3)32(4,5)30-18-10-17(13-31-14-19(24)25)22(11-18)20(26)29-12-15-6-8-16(9-7-15)23(27)28/h6-9,17-18H,10-14H2,1-5H3,(H,24,25)/t17-,18-/m0/s1. The number of aliphatic carboxylic acids is 1. The summed E-state index contributed by atoms with van der Waals surface area (Å²) in [5, 5.41) is 19.7. The van der Waals surface area contributed by atoms with Crippen LogP contribution in [0.2, 0.25) is 18.1 Å². The van der Waals surface area contributed by atoms with Crippen molar-refractivity contribution in [2.24, 2.45) is 0 Å². The molecule has 0 unspecified atom stereocenters. The molecule has 1 aromatic carbocycles. The van der Waals surface area contributed by atoms with Gasteiger partial charge in [-0.25, -0.2) is 4.79 Å². The van der Waals surface area contributed by atoms with Crippen LogP contribution in [0.5, 0.6) is 0 Å². The van der Waals surface area contributed by atoms with Gasteiger partial charge in [-0.1, -0.05) is 20.8 Å². The van der Waals surface area contributed by atoms with Gasteiger partial charge in [0.1, 0.15) is 6.61 Å². The third-order valence-electron chi connectivity index (χ3n) is 5.92. The maximum absolute atomic E-state index is 12.8. The number of ether oxygens (including phenoxy) is 1. The first-order valence-electron chi connectivity index (χ1n) is 10.4. The van der Waals surface area contributed by atoms with Crippen molar-refractivity contribution in [3.8, 4) is 0 Å². The van der Waals surface area contributed by atoms with E-state index in [9.17, 15) is 19.7 Å². The summed E-state index contributed by atoms with van der Waals surface area (Å²) in [7, 11) is -2.03. The van der Waals surface area contributed by atoms with E-state index in [-0.39, 0.29) is 35.2 Å². The average molecular weight is 485 g/mol. The number of nitro benzene ring substituents is 1. The molecule has 1 heterocycles. The Bertz CT molecular complexity index is 826. The van der Waals surface area contributed by atoms with Crippen molar-refractivity contribution in [1.82, 2.24) is 4.90 Å². The zero-order valence-electron chi connectivity index (χ0n) is 19.2. The molecule has 1 N–H and O–H groups in total. The predicted molar refractivity (Wildman–Crippen MR) is 125 cm³/mol. The molecule has 0 radical (unpaired) electrons. The molecule has 0 spiro atoms. The Kier molecular flexibility index (Phi) is 8.72. The summed E-state index contributed by atoms with van der Waals surface area (Å²) in [4.78, 5) is 35.6. The van der Waals surface area contributed by atoms with E-state index in [4.69, 9.17) is 14.3 Å². The lowest BCUT2D eigenvalue weighted by molar-refractivity contribution is -0.384. The number of carboxylic acid groups (broad SMARTS) is 1. The van der Waals surface area contributed by atoms with Crippen LogP contribution < -0.4 is 0 Å². The van der Waals surface area contributed by atoms with Crippen LogP contribution in [-0.2, 0) is 20.6 Å². The van der Waals surface area contributed by atoms with E-state index in [0.29, 0.717) is 24.3 Å². The van der Waals surface area contributed by atoms with Gasteiger partial charge in [-0.2, -0.15) is 0 Å². The molecule has 1 aromatic rings. The number of likely N-dealkylation sites (tertiary alicyclic amines) is 1. The molecule has 11 heteroatoms. The predicted octanol–water partition coefficient (Wildman–Crippen LogP) is 4.51. The fraction of sp³-hybridized carbons (Fsp3) is 0.619. The van der Waals surface area contributed by atoms with Gasteiger partial charge in [0.25, 0.3) is 5.69 Å². The molecule has 1 fully saturated rings. The van der Waals surface area contributed by atoms with E-state index in [2.05, 4.69) is 33.9 Å². The first-order chi connectivity index (χ1) is 14.8. The minimum atomic E-state index is -2.03. The summed E-state index contributed by atoms with van der Waals surface area (Å²) < 4.78 is 12.0. The van der Waals surface area contributed by atoms with Crippen LogP contribution in [0.1, 0.15) is 32.8 Å². The van der Waals surface area contributed by atoms with Gasteiger partial charge in [0, 0.05) is 30.5 Å². The second-order valence-corrected chi connectivity index (χ2v) is 15.2. The molecule has 2 rings (SSSR count). The van der Waals surface area contributed by atoms with Crippen molar-refractivity contribution in [1.29, 1.82) is 0 Å². The Morgan fingerprint density at radius 1 is 1.28 bits per heavy atom. The van der Waals surface area contributed by atoms with Crippen molar-refractivity contribution < 1.29 is 28.8 Å². The summed E-state index contributed by atoms with van der Waals surface area (Å²) in [6, 6.07) is 5.66.